The van der Waals surface area contributed by atoms with Crippen molar-refractivity contribution in [1.82, 2.24) is 62.5 Å². The molecule has 2 aromatic heterocycles. The van der Waals surface area contributed by atoms with Crippen LogP contribution >= 0.6 is 24.4 Å². The van der Waals surface area contributed by atoms with Gasteiger partial charge in [-0.2, -0.15) is 10.4 Å². The zero-order valence-corrected chi connectivity index (χ0v) is 20.1. The summed E-state index contributed by atoms with van der Waals surface area (Å²) in [5.41, 5.74) is 0.0709. The standard InChI is InChI=1S/C17H32N12S2/c1-16(2,9-12-22-26-27-23-12)5-7-18-14(30)20-11-21-15(31)19-8-6-17(3,4)10-13-24-28-29-25-13/h5-11H2,1-4H3,(H2,18,20,30)(H2,19,21,31)(H,22,23,26,27)(H,24,25,28,29). The SMILES string of the molecule is CC(C)(CCNC(=S)NCNC(=S)NCCC(C)(C)Cc1nn[nH]n1)Cc1nn[nH]n1. The Morgan fingerprint density at radius 3 is 1.52 bits per heavy atom. The number of rotatable bonds is 12. The molecule has 0 aliphatic heterocycles. The van der Waals surface area contributed by atoms with Gasteiger partial charge in [0.2, 0.25) is 0 Å². The molecule has 0 spiro atoms. The molecule has 14 heteroatoms. The molecule has 2 aromatic rings. The Bertz CT molecular complexity index is 722. The number of nitrogens with one attached hydrogen (secondary N) is 6. The van der Waals surface area contributed by atoms with Gasteiger partial charge in [0.15, 0.2) is 21.9 Å². The first kappa shape index (κ1) is 24.8. The van der Waals surface area contributed by atoms with Crippen molar-refractivity contribution in [3.8, 4) is 0 Å². The Morgan fingerprint density at radius 1 is 0.742 bits per heavy atom. The Morgan fingerprint density at radius 2 is 1.16 bits per heavy atom. The van der Waals surface area contributed by atoms with E-state index >= 15 is 0 Å². The summed E-state index contributed by atoms with van der Waals surface area (Å²) >= 11 is 10.6. The molecule has 172 valence electrons. The lowest BCUT2D eigenvalue weighted by atomic mass is 9.85. The summed E-state index contributed by atoms with van der Waals surface area (Å²) in [5, 5.41) is 42.0. The van der Waals surface area contributed by atoms with Gasteiger partial charge >= 0.3 is 0 Å². The summed E-state index contributed by atoms with van der Waals surface area (Å²) in [5.74, 6) is 1.43. The van der Waals surface area contributed by atoms with Gasteiger partial charge < -0.3 is 21.3 Å². The van der Waals surface area contributed by atoms with Crippen molar-refractivity contribution in [3.05, 3.63) is 11.6 Å². The van der Waals surface area contributed by atoms with Crippen molar-refractivity contribution in [2.45, 2.75) is 53.4 Å². The van der Waals surface area contributed by atoms with E-state index in [1.54, 1.807) is 0 Å². The van der Waals surface area contributed by atoms with E-state index < -0.39 is 0 Å². The second-order valence-corrected chi connectivity index (χ2v) is 9.70. The minimum atomic E-state index is 0.0355. The highest BCUT2D eigenvalue weighted by Gasteiger charge is 2.21. The fraction of sp³-hybridized carbons (Fsp3) is 0.765. The van der Waals surface area contributed by atoms with E-state index in [0.717, 1.165) is 38.8 Å². The Balaban J connectivity index is 1.52. The lowest BCUT2D eigenvalue weighted by molar-refractivity contribution is 0.326. The number of H-pyrrole nitrogens is 2. The number of aromatic amines is 2. The Labute approximate surface area is 192 Å². The van der Waals surface area contributed by atoms with Crippen LogP contribution in [0.15, 0.2) is 0 Å². The maximum Gasteiger partial charge on any atom is 0.175 e. The van der Waals surface area contributed by atoms with E-state index in [4.69, 9.17) is 24.4 Å². The first-order chi connectivity index (χ1) is 14.7. The van der Waals surface area contributed by atoms with Crippen LogP contribution in [0.5, 0.6) is 0 Å². The maximum atomic E-state index is 5.32. The minimum Gasteiger partial charge on any atom is -0.363 e. The van der Waals surface area contributed by atoms with Crippen LogP contribution in [0.3, 0.4) is 0 Å². The van der Waals surface area contributed by atoms with E-state index in [-0.39, 0.29) is 10.8 Å². The third-order valence-electron chi connectivity index (χ3n) is 4.72. The summed E-state index contributed by atoms with van der Waals surface area (Å²) in [6, 6.07) is 0. The Kier molecular flexibility index (Phi) is 9.43. The van der Waals surface area contributed by atoms with Gasteiger partial charge in [0.25, 0.3) is 0 Å². The second-order valence-electron chi connectivity index (χ2n) is 8.88. The number of aromatic nitrogens is 8. The predicted molar refractivity (Wildman–Crippen MR) is 125 cm³/mol. The average Bonchev–Trinajstić information content (AvgIpc) is 3.34. The summed E-state index contributed by atoms with van der Waals surface area (Å²) in [6.45, 7) is 10.6. The highest BCUT2D eigenvalue weighted by Crippen LogP contribution is 2.24. The molecule has 0 aliphatic carbocycles. The number of thiocarbonyl (C=S) groups is 2. The predicted octanol–water partition coefficient (Wildman–Crippen LogP) is 0.216. The van der Waals surface area contributed by atoms with Gasteiger partial charge in [0, 0.05) is 25.9 Å². The van der Waals surface area contributed by atoms with Gasteiger partial charge in [0.1, 0.15) is 0 Å². The molecular formula is C17H32N12S2. The van der Waals surface area contributed by atoms with Gasteiger partial charge in [-0.05, 0) is 48.1 Å². The van der Waals surface area contributed by atoms with Crippen LogP contribution in [0.25, 0.3) is 0 Å². The van der Waals surface area contributed by atoms with Crippen LogP contribution in [0, 0.1) is 10.8 Å². The van der Waals surface area contributed by atoms with Gasteiger partial charge in [-0.25, -0.2) is 0 Å². The lowest BCUT2D eigenvalue weighted by Crippen LogP contribution is -2.46. The first-order valence-electron chi connectivity index (χ1n) is 10.1. The fourth-order valence-electron chi connectivity index (χ4n) is 2.91. The van der Waals surface area contributed by atoms with Crippen molar-refractivity contribution in [3.63, 3.8) is 0 Å². The van der Waals surface area contributed by atoms with Crippen LogP contribution in [-0.2, 0) is 12.8 Å². The van der Waals surface area contributed by atoms with Crippen LogP contribution < -0.4 is 21.3 Å². The van der Waals surface area contributed by atoms with Crippen molar-refractivity contribution >= 4 is 34.7 Å². The van der Waals surface area contributed by atoms with Crippen LogP contribution in [0.2, 0.25) is 0 Å². The smallest absolute Gasteiger partial charge is 0.175 e. The summed E-state index contributed by atoms with van der Waals surface area (Å²) in [6.07, 6.45) is 3.32. The van der Waals surface area contributed by atoms with E-state index in [1.807, 2.05) is 0 Å². The molecule has 2 rings (SSSR count). The maximum absolute atomic E-state index is 5.32. The van der Waals surface area contributed by atoms with E-state index in [1.165, 1.54) is 0 Å². The van der Waals surface area contributed by atoms with Crippen LogP contribution in [0.1, 0.15) is 52.2 Å². The molecule has 0 saturated carbocycles. The molecular weight excluding hydrogens is 436 g/mol. The fourth-order valence-corrected chi connectivity index (χ4v) is 3.25. The molecule has 0 amide bonds. The summed E-state index contributed by atoms with van der Waals surface area (Å²) < 4.78 is 0. The van der Waals surface area contributed by atoms with E-state index in [2.05, 4.69) is 90.2 Å². The van der Waals surface area contributed by atoms with E-state index in [9.17, 15) is 0 Å². The highest BCUT2D eigenvalue weighted by molar-refractivity contribution is 7.80. The molecule has 0 unspecified atom stereocenters. The van der Waals surface area contributed by atoms with Crippen LogP contribution in [-0.4, -0.2) is 71.2 Å². The van der Waals surface area contributed by atoms with Crippen LogP contribution in [0.4, 0.5) is 0 Å². The number of tetrazole rings is 2. The Hall–Kier alpha value is -2.48. The third-order valence-corrected chi connectivity index (χ3v) is 5.30. The third kappa shape index (κ3) is 10.4. The summed E-state index contributed by atoms with van der Waals surface area (Å²) in [4.78, 5) is 0. The topological polar surface area (TPSA) is 157 Å². The molecule has 31 heavy (non-hydrogen) atoms. The molecule has 2 heterocycles. The van der Waals surface area contributed by atoms with Crippen molar-refractivity contribution in [1.29, 1.82) is 0 Å². The second kappa shape index (κ2) is 11.8. The minimum absolute atomic E-state index is 0.0355. The van der Waals surface area contributed by atoms with Crippen molar-refractivity contribution < 1.29 is 0 Å². The summed E-state index contributed by atoms with van der Waals surface area (Å²) in [7, 11) is 0. The molecule has 0 atom stereocenters. The monoisotopic (exact) mass is 468 g/mol. The first-order valence-corrected chi connectivity index (χ1v) is 10.9. The normalized spacial score (nSPS) is 11.7. The molecule has 12 nitrogen and oxygen atoms in total. The van der Waals surface area contributed by atoms with Gasteiger partial charge in [-0.15, -0.1) is 20.4 Å². The zero-order chi connectivity index (χ0) is 22.7. The van der Waals surface area contributed by atoms with Gasteiger partial charge in [0.05, 0.1) is 6.67 Å². The van der Waals surface area contributed by atoms with Crippen molar-refractivity contribution in [2.24, 2.45) is 10.8 Å². The molecule has 0 bridgehead atoms. The number of nitrogens with zero attached hydrogens (tertiary/aromatic N) is 6. The lowest BCUT2D eigenvalue weighted by Gasteiger charge is -2.24. The molecule has 0 fully saturated rings. The molecule has 6 N–H and O–H groups in total. The molecule has 0 aliphatic rings. The van der Waals surface area contributed by atoms with E-state index in [0.29, 0.717) is 28.5 Å². The van der Waals surface area contributed by atoms with Gasteiger partial charge in [-0.1, -0.05) is 38.1 Å². The largest absolute Gasteiger partial charge is 0.363 e. The van der Waals surface area contributed by atoms with Gasteiger partial charge in [-0.3, -0.25) is 0 Å². The molecule has 0 radical (unpaired) electrons. The number of hydrogen-bond donors (Lipinski definition) is 6. The molecule has 0 aromatic carbocycles. The zero-order valence-electron chi connectivity index (χ0n) is 18.4. The number of hydrogen-bond acceptors (Lipinski definition) is 8. The quantitative estimate of drug-likeness (QED) is 0.186. The molecule has 0 saturated heterocycles. The highest BCUT2D eigenvalue weighted by atomic mass is 32.1. The van der Waals surface area contributed by atoms with Crippen molar-refractivity contribution in [2.75, 3.05) is 19.8 Å². The average molecular weight is 469 g/mol.